The first kappa shape index (κ1) is 29.9. The number of halogens is 1. The van der Waals surface area contributed by atoms with Crippen LogP contribution in [0.1, 0.15) is 48.2 Å². The molecule has 210 valence electrons. The van der Waals surface area contributed by atoms with Crippen LogP contribution in [-0.2, 0) is 7.05 Å². The molecule has 9 nitrogen and oxygen atoms in total. The summed E-state index contributed by atoms with van der Waals surface area (Å²) in [4.78, 5) is 26.8. The Morgan fingerprint density at radius 3 is 2.44 bits per heavy atom. The van der Waals surface area contributed by atoms with Crippen molar-refractivity contribution in [2.24, 2.45) is 7.05 Å². The highest BCUT2D eigenvalue weighted by Gasteiger charge is 2.31. The molecule has 1 aromatic heterocycles. The van der Waals surface area contributed by atoms with E-state index >= 15 is 0 Å². The number of hydrogen-bond donors (Lipinski definition) is 4. The van der Waals surface area contributed by atoms with E-state index in [4.69, 9.17) is 9.47 Å². The maximum Gasteiger partial charge on any atom is 0.259 e. The normalized spacial score (nSPS) is 12.2. The van der Waals surface area contributed by atoms with Crippen LogP contribution in [0.4, 0.5) is 21.6 Å². The standard InChI is InChI=1S/C26H30FN5O4S.C2H6/c1-14-6-10-19(18(27)12-14)30-24-22(25(33)29-16-7-8-16)23(15(2)26(34)32(24)4)36-21-13-17(31-37-28-3)9-11-20(21)35-5;1-2/h6,9-13,16,28,30-31H,7-8H2,1-5H3,(H,29,33);1-2H3. The zero-order valence-corrected chi connectivity index (χ0v) is 24.1. The lowest BCUT2D eigenvalue weighted by atomic mass is 10.1. The third-order valence-corrected chi connectivity index (χ3v) is 6.47. The van der Waals surface area contributed by atoms with Crippen molar-refractivity contribution in [3.63, 3.8) is 0 Å². The molecule has 4 N–H and O–H groups in total. The number of ether oxygens (including phenoxy) is 2. The van der Waals surface area contributed by atoms with Gasteiger partial charge in [0.05, 0.1) is 18.4 Å². The molecule has 0 bridgehead atoms. The Labute approximate surface area is 232 Å². The molecule has 0 atom stereocenters. The summed E-state index contributed by atoms with van der Waals surface area (Å²) in [6.07, 6.45) is 1.74. The van der Waals surface area contributed by atoms with Crippen LogP contribution in [0.5, 0.6) is 17.2 Å². The van der Waals surface area contributed by atoms with Crippen LogP contribution in [0.3, 0.4) is 0 Å². The molecule has 0 radical (unpaired) electrons. The molecule has 3 aromatic rings. The summed E-state index contributed by atoms with van der Waals surface area (Å²) in [6.45, 7) is 7.37. The highest BCUT2D eigenvalue weighted by atomic mass is 32.2. The second kappa shape index (κ2) is 13.4. The van der Waals surface area contributed by atoms with Crippen LogP contribution in [0.25, 0.3) is 0 Å². The molecule has 39 heavy (non-hydrogen) atoms. The predicted octanol–water partition coefficient (Wildman–Crippen LogP) is 5.80. The Balaban J connectivity index is 0.00000205. The van der Waals surface area contributed by atoms with Crippen LogP contribution in [0.2, 0.25) is 0 Å². The maximum atomic E-state index is 14.8. The molecule has 1 aliphatic rings. The number of rotatable bonds is 10. The first-order valence-electron chi connectivity index (χ1n) is 12.8. The molecule has 0 aliphatic heterocycles. The number of carbonyl (C=O) groups excluding carboxylic acids is 1. The number of carbonyl (C=O) groups is 1. The van der Waals surface area contributed by atoms with Crippen molar-refractivity contribution in [3.05, 3.63) is 69.3 Å². The average molecular weight is 558 g/mol. The van der Waals surface area contributed by atoms with E-state index in [0.29, 0.717) is 17.2 Å². The highest BCUT2D eigenvalue weighted by Crippen LogP contribution is 2.39. The zero-order chi connectivity index (χ0) is 28.7. The third kappa shape index (κ3) is 7.04. The van der Waals surface area contributed by atoms with E-state index in [-0.39, 0.29) is 34.4 Å². The van der Waals surface area contributed by atoms with Crippen molar-refractivity contribution in [2.45, 2.75) is 46.6 Å². The fourth-order valence-electron chi connectivity index (χ4n) is 3.77. The SMILES string of the molecule is CC.CNSNc1ccc(OC)c(Oc2c(C(=O)NC3CC3)c(Nc3ccc(C)cc3F)n(C)c(=O)c2C)c1. The number of methoxy groups -OCH3 is 1. The van der Waals surface area contributed by atoms with E-state index in [1.165, 1.54) is 36.9 Å². The van der Waals surface area contributed by atoms with E-state index in [2.05, 4.69) is 20.1 Å². The summed E-state index contributed by atoms with van der Waals surface area (Å²) < 4.78 is 33.8. The highest BCUT2D eigenvalue weighted by molar-refractivity contribution is 7.98. The van der Waals surface area contributed by atoms with Crippen molar-refractivity contribution in [1.82, 2.24) is 14.6 Å². The summed E-state index contributed by atoms with van der Waals surface area (Å²) in [5.74, 6) is -0.0450. The van der Waals surface area contributed by atoms with Gasteiger partial charge in [-0.3, -0.25) is 14.2 Å². The second-order valence-electron chi connectivity index (χ2n) is 8.77. The van der Waals surface area contributed by atoms with E-state index in [1.54, 1.807) is 51.2 Å². The number of aryl methyl sites for hydroxylation is 1. The summed E-state index contributed by atoms with van der Waals surface area (Å²) in [6, 6.07) is 9.96. The number of aromatic nitrogens is 1. The second-order valence-corrected chi connectivity index (χ2v) is 9.59. The van der Waals surface area contributed by atoms with Crippen LogP contribution in [-0.4, -0.2) is 30.7 Å². The minimum atomic E-state index is -0.508. The van der Waals surface area contributed by atoms with Gasteiger partial charge in [-0.15, -0.1) is 0 Å². The van der Waals surface area contributed by atoms with Gasteiger partial charge in [-0.05, 0) is 63.6 Å². The van der Waals surface area contributed by atoms with E-state index in [0.717, 1.165) is 18.4 Å². The van der Waals surface area contributed by atoms with E-state index in [1.807, 2.05) is 13.8 Å². The molecular formula is C28H36FN5O4S. The quantitative estimate of drug-likeness (QED) is 0.232. The van der Waals surface area contributed by atoms with Crippen molar-refractivity contribution < 1.29 is 18.7 Å². The van der Waals surface area contributed by atoms with Crippen molar-refractivity contribution in [3.8, 4) is 17.2 Å². The van der Waals surface area contributed by atoms with Gasteiger partial charge >= 0.3 is 0 Å². The lowest BCUT2D eigenvalue weighted by Crippen LogP contribution is -2.31. The largest absolute Gasteiger partial charge is 0.493 e. The number of nitrogens with one attached hydrogen (secondary N) is 4. The Kier molecular flexibility index (Phi) is 10.2. The lowest BCUT2D eigenvalue weighted by molar-refractivity contribution is 0.0948. The molecule has 2 aromatic carbocycles. The summed E-state index contributed by atoms with van der Waals surface area (Å²) in [7, 11) is 4.81. The summed E-state index contributed by atoms with van der Waals surface area (Å²) in [5.41, 5.74) is 1.50. The molecule has 1 aliphatic carbocycles. The number of hydrogen-bond acceptors (Lipinski definition) is 8. The molecular weight excluding hydrogens is 521 g/mol. The van der Waals surface area contributed by atoms with Crippen molar-refractivity contribution in [1.29, 1.82) is 0 Å². The van der Waals surface area contributed by atoms with Crippen LogP contribution in [0, 0.1) is 19.7 Å². The van der Waals surface area contributed by atoms with Crippen molar-refractivity contribution in [2.75, 3.05) is 24.2 Å². The predicted molar refractivity (Wildman–Crippen MR) is 156 cm³/mol. The van der Waals surface area contributed by atoms with Crippen LogP contribution in [0.15, 0.2) is 41.2 Å². The first-order valence-corrected chi connectivity index (χ1v) is 13.6. The number of benzene rings is 2. The molecule has 11 heteroatoms. The van der Waals surface area contributed by atoms with Gasteiger partial charge in [0.25, 0.3) is 11.5 Å². The summed E-state index contributed by atoms with van der Waals surface area (Å²) in [5, 5.41) is 5.93. The van der Waals surface area contributed by atoms with E-state index < -0.39 is 17.3 Å². The molecule has 0 spiro atoms. The Hall–Kier alpha value is -3.70. The van der Waals surface area contributed by atoms with Gasteiger partial charge in [-0.2, -0.15) is 0 Å². The number of amides is 1. The van der Waals surface area contributed by atoms with Gasteiger partial charge < -0.3 is 24.8 Å². The topological polar surface area (TPSA) is 106 Å². The molecule has 0 saturated heterocycles. The average Bonchev–Trinajstić information content (AvgIpc) is 3.75. The summed E-state index contributed by atoms with van der Waals surface area (Å²) >= 11 is 1.27. The van der Waals surface area contributed by atoms with Gasteiger partial charge in [-0.25, -0.2) is 9.11 Å². The minimum absolute atomic E-state index is 0.0440. The van der Waals surface area contributed by atoms with Gasteiger partial charge in [0, 0.05) is 37.0 Å². The fourth-order valence-corrected chi connectivity index (χ4v) is 4.12. The van der Waals surface area contributed by atoms with Crippen LogP contribution >= 0.6 is 12.1 Å². The fraction of sp³-hybridized carbons (Fsp3) is 0.357. The third-order valence-electron chi connectivity index (χ3n) is 5.93. The van der Waals surface area contributed by atoms with Gasteiger partial charge in [0.2, 0.25) is 0 Å². The minimum Gasteiger partial charge on any atom is -0.493 e. The zero-order valence-electron chi connectivity index (χ0n) is 23.3. The molecule has 0 unspecified atom stereocenters. The number of pyridine rings is 1. The smallest absolute Gasteiger partial charge is 0.259 e. The van der Waals surface area contributed by atoms with Gasteiger partial charge in [0.1, 0.15) is 17.2 Å². The number of nitrogens with zero attached hydrogens (tertiary/aromatic N) is 1. The molecule has 1 heterocycles. The number of anilines is 3. The van der Waals surface area contributed by atoms with Crippen molar-refractivity contribution >= 4 is 35.2 Å². The van der Waals surface area contributed by atoms with E-state index in [9.17, 15) is 14.0 Å². The van der Waals surface area contributed by atoms with Crippen LogP contribution < -0.4 is 35.1 Å². The molecule has 1 amide bonds. The Bertz CT molecular complexity index is 1390. The first-order chi connectivity index (χ1) is 18.7. The molecule has 1 saturated carbocycles. The Morgan fingerprint density at radius 2 is 1.82 bits per heavy atom. The molecule has 1 fully saturated rings. The Morgan fingerprint density at radius 1 is 1.10 bits per heavy atom. The molecule has 4 rings (SSSR count). The maximum absolute atomic E-state index is 14.8. The van der Waals surface area contributed by atoms with Gasteiger partial charge in [0.15, 0.2) is 17.2 Å². The lowest BCUT2D eigenvalue weighted by Gasteiger charge is -2.22. The monoisotopic (exact) mass is 557 g/mol. The van der Waals surface area contributed by atoms with Gasteiger partial charge in [-0.1, -0.05) is 19.9 Å².